The molecule has 0 saturated carbocycles. The molecule has 0 N–H and O–H groups in total. The van der Waals surface area contributed by atoms with Crippen LogP contribution in [0.1, 0.15) is 45.2 Å². The lowest BCUT2D eigenvalue weighted by atomic mass is 10.1. The maximum absolute atomic E-state index is 12.6. The molecule has 1 aromatic heterocycles. The fourth-order valence-electron chi connectivity index (χ4n) is 4.32. The number of hydrogen-bond acceptors (Lipinski definition) is 4. The van der Waals surface area contributed by atoms with Crippen LogP contribution in [0.5, 0.6) is 0 Å². The maximum Gasteiger partial charge on any atom is 0.410 e. The summed E-state index contributed by atoms with van der Waals surface area (Å²) in [7, 11) is 1.68. The van der Waals surface area contributed by atoms with E-state index < -0.39 is 6.09 Å². The van der Waals surface area contributed by atoms with Gasteiger partial charge in [0.15, 0.2) is 0 Å². The molecule has 0 bridgehead atoms. The Morgan fingerprint density at radius 3 is 2.58 bits per heavy atom. The lowest BCUT2D eigenvalue weighted by molar-refractivity contribution is -0.384. The van der Waals surface area contributed by atoms with Crippen molar-refractivity contribution in [1.82, 2.24) is 9.47 Å². The van der Waals surface area contributed by atoms with Gasteiger partial charge in [0.1, 0.15) is 6.61 Å². The van der Waals surface area contributed by atoms with Gasteiger partial charge in [-0.05, 0) is 37.5 Å². The number of hydrogen-bond donors (Lipinski definition) is 0. The molecule has 0 radical (unpaired) electrons. The third-order valence-corrected chi connectivity index (χ3v) is 5.86. The molecule has 0 spiro atoms. The average Bonchev–Trinajstić information content (AvgIpc) is 3.09. The standard InChI is InChI=1S/C26H31N3O4/c1-6-10-19(3)28-20(4)25(23-15-22(29(31)32)13-14-24(23)28)18(2)16-27(5)26(30)33-17-21-11-8-7-9-12-21/h7-9,11-15,19H,4,6,10,16-17H2,1-3,5H3/b25-18-. The van der Waals surface area contributed by atoms with Crippen molar-refractivity contribution < 1.29 is 14.5 Å². The SMILES string of the molecule is C=c1/c(=C(\C)CN(C)C(=O)OCc2ccccc2)c2cc([N+](=O)[O-])ccc2n1C(C)CCC. The molecular formula is C26H31N3O4. The van der Waals surface area contributed by atoms with E-state index in [9.17, 15) is 14.9 Å². The quantitative estimate of drug-likeness (QED) is 0.367. The number of aromatic nitrogens is 1. The molecule has 33 heavy (non-hydrogen) atoms. The summed E-state index contributed by atoms with van der Waals surface area (Å²) in [5.74, 6) is 0. The largest absolute Gasteiger partial charge is 0.445 e. The summed E-state index contributed by atoms with van der Waals surface area (Å²) < 4.78 is 7.58. The number of nitrogens with zero attached hydrogens (tertiary/aromatic N) is 3. The third kappa shape index (κ3) is 5.25. The van der Waals surface area contributed by atoms with Crippen LogP contribution in [-0.4, -0.2) is 34.1 Å². The number of nitro benzene ring substituents is 1. The molecule has 7 heteroatoms. The van der Waals surface area contributed by atoms with E-state index in [-0.39, 0.29) is 23.3 Å². The highest BCUT2D eigenvalue weighted by atomic mass is 16.6. The summed E-state index contributed by atoms with van der Waals surface area (Å²) in [6, 6.07) is 14.6. The van der Waals surface area contributed by atoms with E-state index in [0.29, 0.717) is 6.54 Å². The van der Waals surface area contributed by atoms with Crippen molar-refractivity contribution in [2.45, 2.75) is 46.3 Å². The Kier molecular flexibility index (Phi) is 7.53. The summed E-state index contributed by atoms with van der Waals surface area (Å²) in [4.78, 5) is 25.1. The fourth-order valence-corrected chi connectivity index (χ4v) is 4.32. The summed E-state index contributed by atoms with van der Waals surface area (Å²) in [6.45, 7) is 11.0. The van der Waals surface area contributed by atoms with Gasteiger partial charge in [-0.2, -0.15) is 0 Å². The molecule has 0 saturated heterocycles. The third-order valence-electron chi connectivity index (χ3n) is 5.86. The second kappa shape index (κ2) is 10.3. The first kappa shape index (κ1) is 24.0. The highest BCUT2D eigenvalue weighted by molar-refractivity contribution is 5.86. The molecule has 0 aliphatic carbocycles. The van der Waals surface area contributed by atoms with Crippen LogP contribution in [0.3, 0.4) is 0 Å². The number of amides is 1. The molecular weight excluding hydrogens is 418 g/mol. The Morgan fingerprint density at radius 2 is 1.94 bits per heavy atom. The normalized spacial score (nSPS) is 13.0. The van der Waals surface area contributed by atoms with Gasteiger partial charge in [0.2, 0.25) is 0 Å². The van der Waals surface area contributed by atoms with Gasteiger partial charge >= 0.3 is 6.09 Å². The molecule has 3 rings (SSSR count). The smallest absolute Gasteiger partial charge is 0.410 e. The van der Waals surface area contributed by atoms with E-state index in [1.54, 1.807) is 19.2 Å². The number of benzene rings is 2. The Bertz CT molecular complexity index is 1260. The Balaban J connectivity index is 1.98. The van der Waals surface area contributed by atoms with Crippen LogP contribution in [-0.2, 0) is 11.3 Å². The highest BCUT2D eigenvalue weighted by Crippen LogP contribution is 2.22. The first-order valence-corrected chi connectivity index (χ1v) is 11.1. The number of nitro groups is 1. The summed E-state index contributed by atoms with van der Waals surface area (Å²) in [5, 5.41) is 13.8. The minimum atomic E-state index is -0.433. The monoisotopic (exact) mass is 449 g/mol. The van der Waals surface area contributed by atoms with Gasteiger partial charge < -0.3 is 14.2 Å². The zero-order valence-electron chi connectivity index (χ0n) is 19.7. The number of non-ortho nitro benzene ring substituents is 1. The van der Waals surface area contributed by atoms with Gasteiger partial charge in [0.05, 0.1) is 4.92 Å². The molecule has 1 amide bonds. The number of rotatable bonds is 8. The minimum absolute atomic E-state index is 0.0347. The molecule has 0 fully saturated rings. The molecule has 1 atom stereocenters. The molecule has 1 unspecified atom stereocenters. The number of ether oxygens (including phenoxy) is 1. The highest BCUT2D eigenvalue weighted by Gasteiger charge is 2.18. The van der Waals surface area contributed by atoms with Crippen LogP contribution >= 0.6 is 0 Å². The molecule has 174 valence electrons. The molecule has 1 heterocycles. The molecule has 7 nitrogen and oxygen atoms in total. The van der Waals surface area contributed by atoms with E-state index in [2.05, 4.69) is 25.0 Å². The molecule has 3 aromatic rings. The van der Waals surface area contributed by atoms with Crippen molar-refractivity contribution in [2.75, 3.05) is 13.6 Å². The summed E-state index contributed by atoms with van der Waals surface area (Å²) in [5.41, 5.74) is 2.76. The van der Waals surface area contributed by atoms with Crippen LogP contribution in [0.15, 0.2) is 48.5 Å². The van der Waals surface area contributed by atoms with Crippen molar-refractivity contribution in [1.29, 1.82) is 0 Å². The first-order valence-electron chi connectivity index (χ1n) is 11.1. The zero-order valence-corrected chi connectivity index (χ0v) is 19.7. The van der Waals surface area contributed by atoms with Crippen LogP contribution in [0.25, 0.3) is 23.1 Å². The number of carbonyl (C=O) groups is 1. The lowest BCUT2D eigenvalue weighted by Gasteiger charge is -2.17. The van der Waals surface area contributed by atoms with Crippen molar-refractivity contribution >= 4 is 34.8 Å². The van der Waals surface area contributed by atoms with E-state index in [1.807, 2.05) is 37.3 Å². The van der Waals surface area contributed by atoms with Crippen LogP contribution in [0.4, 0.5) is 10.5 Å². The summed E-state index contributed by atoms with van der Waals surface area (Å²) >= 11 is 0. The van der Waals surface area contributed by atoms with E-state index in [0.717, 1.165) is 45.4 Å². The molecule has 0 aliphatic rings. The predicted octanol–water partition coefficient (Wildman–Crippen LogP) is 4.76. The van der Waals surface area contributed by atoms with Gasteiger partial charge in [0, 0.05) is 53.2 Å². The van der Waals surface area contributed by atoms with Gasteiger partial charge in [-0.3, -0.25) is 10.1 Å². The molecule has 0 aliphatic heterocycles. The molecule has 2 aromatic carbocycles. The summed E-state index contributed by atoms with van der Waals surface area (Å²) in [6.07, 6.45) is 1.55. The van der Waals surface area contributed by atoms with Crippen LogP contribution in [0.2, 0.25) is 0 Å². The van der Waals surface area contributed by atoms with Gasteiger partial charge in [0.25, 0.3) is 5.69 Å². The van der Waals surface area contributed by atoms with E-state index >= 15 is 0 Å². The van der Waals surface area contributed by atoms with Gasteiger partial charge in [-0.25, -0.2) is 4.79 Å². The number of carbonyl (C=O) groups excluding carboxylic acids is 1. The maximum atomic E-state index is 12.6. The second-order valence-electron chi connectivity index (χ2n) is 8.46. The average molecular weight is 450 g/mol. The Morgan fingerprint density at radius 1 is 1.24 bits per heavy atom. The Hall–Kier alpha value is -3.61. The second-order valence-corrected chi connectivity index (χ2v) is 8.46. The lowest BCUT2D eigenvalue weighted by Crippen LogP contribution is -2.35. The van der Waals surface area contributed by atoms with Crippen molar-refractivity contribution in [3.63, 3.8) is 0 Å². The van der Waals surface area contributed by atoms with E-state index in [4.69, 9.17) is 4.74 Å². The van der Waals surface area contributed by atoms with Gasteiger partial charge in [-0.15, -0.1) is 0 Å². The topological polar surface area (TPSA) is 77.6 Å². The zero-order chi connectivity index (χ0) is 24.1. The van der Waals surface area contributed by atoms with Crippen molar-refractivity contribution in [3.8, 4) is 0 Å². The van der Waals surface area contributed by atoms with Crippen molar-refractivity contribution in [2.24, 2.45) is 0 Å². The van der Waals surface area contributed by atoms with Crippen LogP contribution in [0, 0.1) is 10.1 Å². The van der Waals surface area contributed by atoms with E-state index in [1.165, 1.54) is 11.0 Å². The van der Waals surface area contributed by atoms with Crippen LogP contribution < -0.4 is 10.6 Å². The fraction of sp³-hybridized carbons (Fsp3) is 0.346. The minimum Gasteiger partial charge on any atom is -0.445 e. The van der Waals surface area contributed by atoms with Gasteiger partial charge in [-0.1, -0.05) is 50.3 Å². The Labute approximate surface area is 193 Å². The first-order chi connectivity index (χ1) is 15.7. The van der Waals surface area contributed by atoms with Crippen molar-refractivity contribution in [3.05, 3.63) is 74.8 Å². The predicted molar refractivity (Wildman–Crippen MR) is 131 cm³/mol. The number of fused-ring (bicyclic) bond motifs is 1.